The summed E-state index contributed by atoms with van der Waals surface area (Å²) in [4.78, 5) is 17.5. The van der Waals surface area contributed by atoms with Crippen LogP contribution in [0.4, 0.5) is 4.39 Å². The van der Waals surface area contributed by atoms with Crippen LogP contribution < -0.4 is 0 Å². The zero-order valence-electron chi connectivity index (χ0n) is 7.21. The highest BCUT2D eigenvalue weighted by Gasteiger charge is 2.40. The van der Waals surface area contributed by atoms with E-state index in [1.54, 1.807) is 0 Å². The van der Waals surface area contributed by atoms with Crippen molar-refractivity contribution in [2.24, 2.45) is 0 Å². The molecule has 0 aromatic rings. The van der Waals surface area contributed by atoms with Crippen LogP contribution in [-0.2, 0) is 25.6 Å². The Morgan fingerprint density at radius 1 is 1.64 bits per heavy atom. The molecular formula is C5H12FO5P2S+. The number of hydrogen-bond donors (Lipinski definition) is 2. The van der Waals surface area contributed by atoms with E-state index in [-0.39, 0.29) is 13.2 Å². The van der Waals surface area contributed by atoms with Gasteiger partial charge < -0.3 is 19.0 Å². The highest BCUT2D eigenvalue weighted by molar-refractivity contribution is 8.06. The van der Waals surface area contributed by atoms with Crippen LogP contribution in [0.3, 0.4) is 0 Å². The van der Waals surface area contributed by atoms with Crippen LogP contribution in [0.25, 0.3) is 0 Å². The molecule has 1 unspecified atom stereocenters. The minimum absolute atomic E-state index is 0.0727. The first-order chi connectivity index (χ1) is 6.44. The Morgan fingerprint density at radius 2 is 2.29 bits per heavy atom. The average molecular weight is 265 g/mol. The maximum absolute atomic E-state index is 13.0. The molecule has 0 amide bonds. The lowest BCUT2D eigenvalue weighted by Gasteiger charge is -2.16. The van der Waals surface area contributed by atoms with Gasteiger partial charge in [0.2, 0.25) is 0 Å². The van der Waals surface area contributed by atoms with E-state index in [4.69, 9.17) is 19.0 Å². The van der Waals surface area contributed by atoms with E-state index in [9.17, 15) is 4.39 Å². The second kappa shape index (κ2) is 5.23. The standard InChI is InChI=1S/C5H11FO5P2S/c6-3-1-9-4(5(3)11-12)2-10-13(7,8)14/h3-5H,1-2H2,12H3,(H-,7,8,14)/p+1/t3-,4-,5+/m1/s1. The van der Waals surface area contributed by atoms with Gasteiger partial charge in [-0.3, -0.25) is 0 Å². The Balaban J connectivity index is 2.41. The molecule has 0 radical (unpaired) electrons. The van der Waals surface area contributed by atoms with Crippen LogP contribution in [0.5, 0.6) is 0 Å². The Hall–Kier alpha value is 0.810. The van der Waals surface area contributed by atoms with Gasteiger partial charge in [0.25, 0.3) is 0 Å². The van der Waals surface area contributed by atoms with Crippen LogP contribution in [0.2, 0.25) is 0 Å². The van der Waals surface area contributed by atoms with Gasteiger partial charge >= 0.3 is 6.72 Å². The zero-order chi connectivity index (χ0) is 10.8. The van der Waals surface area contributed by atoms with Gasteiger partial charge in [-0.05, 0) is 11.8 Å². The van der Waals surface area contributed by atoms with Crippen molar-refractivity contribution in [2.45, 2.75) is 18.4 Å². The van der Waals surface area contributed by atoms with Gasteiger partial charge in [0.1, 0.15) is 15.6 Å². The molecule has 0 aliphatic carbocycles. The van der Waals surface area contributed by atoms with Crippen molar-refractivity contribution < 1.29 is 28.0 Å². The van der Waals surface area contributed by atoms with Crippen LogP contribution in [0.1, 0.15) is 0 Å². The number of hydrogen-bond acceptors (Lipinski definition) is 4. The minimum atomic E-state index is -3.70. The number of rotatable bonds is 4. The second-order valence-corrected chi connectivity index (χ2v) is 5.81. The molecule has 1 saturated heterocycles. The van der Waals surface area contributed by atoms with Crippen molar-refractivity contribution in [2.75, 3.05) is 13.2 Å². The molecule has 14 heavy (non-hydrogen) atoms. The third-order valence-electron chi connectivity index (χ3n) is 1.79. The van der Waals surface area contributed by atoms with Crippen molar-refractivity contribution in [3.63, 3.8) is 0 Å². The van der Waals surface area contributed by atoms with Gasteiger partial charge in [0.15, 0.2) is 12.3 Å². The quantitative estimate of drug-likeness (QED) is 0.689. The summed E-state index contributed by atoms with van der Waals surface area (Å²) in [5.41, 5.74) is 0. The number of halogens is 1. The zero-order valence-corrected chi connectivity index (χ0v) is 10.3. The molecule has 9 heteroatoms. The first-order valence-corrected chi connectivity index (χ1v) is 7.01. The lowest BCUT2D eigenvalue weighted by atomic mass is 10.2. The lowest BCUT2D eigenvalue weighted by Crippen LogP contribution is -2.31. The average Bonchev–Trinajstić information content (AvgIpc) is 2.41. The Bertz CT molecular complexity index is 236. The van der Waals surface area contributed by atoms with Crippen molar-refractivity contribution in [1.29, 1.82) is 0 Å². The van der Waals surface area contributed by atoms with Crippen LogP contribution in [-0.4, -0.2) is 41.4 Å². The summed E-state index contributed by atoms with van der Waals surface area (Å²) >= 11 is 4.24. The van der Waals surface area contributed by atoms with E-state index < -0.39 is 25.1 Å². The van der Waals surface area contributed by atoms with Crippen molar-refractivity contribution >= 4 is 28.0 Å². The summed E-state index contributed by atoms with van der Waals surface area (Å²) in [7, 11) is 1.16. The molecule has 5 nitrogen and oxygen atoms in total. The van der Waals surface area contributed by atoms with Gasteiger partial charge in [-0.15, -0.1) is 0 Å². The molecule has 1 heterocycles. The third kappa shape index (κ3) is 3.76. The topological polar surface area (TPSA) is 68.2 Å². The Kier molecular flexibility index (Phi) is 4.81. The molecule has 2 N–H and O–H groups in total. The van der Waals surface area contributed by atoms with Gasteiger partial charge in [-0.1, -0.05) is 0 Å². The molecule has 1 aliphatic rings. The van der Waals surface area contributed by atoms with Crippen LogP contribution in [0, 0.1) is 0 Å². The van der Waals surface area contributed by atoms with Crippen LogP contribution in [0.15, 0.2) is 0 Å². The molecule has 0 aromatic carbocycles. The fourth-order valence-corrected chi connectivity index (χ4v) is 2.11. The molecule has 1 fully saturated rings. The van der Waals surface area contributed by atoms with Gasteiger partial charge in [0, 0.05) is 0 Å². The maximum atomic E-state index is 13.0. The predicted molar refractivity (Wildman–Crippen MR) is 55.3 cm³/mol. The smallest absolute Gasteiger partial charge is 0.321 e. The van der Waals surface area contributed by atoms with Crippen molar-refractivity contribution in [3.8, 4) is 0 Å². The fourth-order valence-electron chi connectivity index (χ4n) is 1.16. The summed E-state index contributed by atoms with van der Waals surface area (Å²) in [6.45, 7) is -3.94. The monoisotopic (exact) mass is 265 g/mol. The highest BCUT2D eigenvalue weighted by atomic mass is 32.5. The number of alkyl halides is 1. The SMILES string of the molecule is OP(O)(=S)OC[C@H]1OC[C@@H](F)[C@@H]1O[PH3+]. The van der Waals surface area contributed by atoms with Crippen molar-refractivity contribution in [1.82, 2.24) is 0 Å². The van der Waals surface area contributed by atoms with E-state index in [1.807, 2.05) is 0 Å². The minimum Gasteiger partial charge on any atom is -0.370 e. The number of ether oxygens (including phenoxy) is 1. The van der Waals surface area contributed by atoms with E-state index >= 15 is 0 Å². The fraction of sp³-hybridized carbons (Fsp3) is 1.00. The molecule has 84 valence electrons. The van der Waals surface area contributed by atoms with E-state index in [0.29, 0.717) is 0 Å². The van der Waals surface area contributed by atoms with Crippen molar-refractivity contribution in [3.05, 3.63) is 0 Å². The largest absolute Gasteiger partial charge is 0.370 e. The summed E-state index contributed by atoms with van der Waals surface area (Å²) < 4.78 is 27.4. The second-order valence-electron chi connectivity index (χ2n) is 2.81. The molecule has 0 spiro atoms. The van der Waals surface area contributed by atoms with Gasteiger partial charge in [0.05, 0.1) is 13.2 Å². The molecule has 1 aliphatic heterocycles. The Morgan fingerprint density at radius 3 is 2.79 bits per heavy atom. The van der Waals surface area contributed by atoms with Gasteiger partial charge in [-0.2, -0.15) is 0 Å². The van der Waals surface area contributed by atoms with E-state index in [2.05, 4.69) is 16.3 Å². The predicted octanol–water partition coefficient (Wildman–Crippen LogP) is -0.143. The summed E-state index contributed by atoms with van der Waals surface area (Å²) in [6, 6.07) is 0. The summed E-state index contributed by atoms with van der Waals surface area (Å²) in [5, 5.41) is 0. The third-order valence-corrected chi connectivity index (χ3v) is 2.98. The van der Waals surface area contributed by atoms with E-state index in [0.717, 1.165) is 9.47 Å². The first-order valence-electron chi connectivity index (χ1n) is 3.80. The van der Waals surface area contributed by atoms with Gasteiger partial charge in [-0.25, -0.2) is 8.91 Å². The molecule has 4 atom stereocenters. The van der Waals surface area contributed by atoms with Crippen LogP contribution >= 0.6 is 16.2 Å². The maximum Gasteiger partial charge on any atom is 0.321 e. The lowest BCUT2D eigenvalue weighted by molar-refractivity contribution is 0.0208. The molecule has 0 aromatic heterocycles. The summed E-state index contributed by atoms with van der Waals surface area (Å²) in [6.07, 6.45) is -2.57. The molecule has 0 saturated carbocycles. The van der Waals surface area contributed by atoms with E-state index in [1.165, 1.54) is 0 Å². The molecule has 1 rings (SSSR count). The Labute approximate surface area is 88.1 Å². The first kappa shape index (κ1) is 12.9. The highest BCUT2D eigenvalue weighted by Crippen LogP contribution is 2.37. The summed E-state index contributed by atoms with van der Waals surface area (Å²) in [5.74, 6) is 0. The molecular weight excluding hydrogens is 253 g/mol. The molecule has 0 bridgehead atoms. The normalized spacial score (nSPS) is 33.8.